The van der Waals surface area contributed by atoms with Gasteiger partial charge in [0.2, 0.25) is 0 Å². The van der Waals surface area contributed by atoms with Gasteiger partial charge in [-0.3, -0.25) is 0 Å². The topological polar surface area (TPSA) is 23.8 Å². The van der Waals surface area contributed by atoms with E-state index in [2.05, 4.69) is 34.1 Å². The van der Waals surface area contributed by atoms with E-state index in [1.54, 1.807) is 11.8 Å². The van der Waals surface area contributed by atoms with Crippen LogP contribution in [0.15, 0.2) is 57.9 Å². The Bertz CT molecular complexity index is 546. The van der Waals surface area contributed by atoms with Crippen LogP contribution in [0.25, 0.3) is 0 Å². The zero-order chi connectivity index (χ0) is 12.1. The number of thioether (sulfide) groups is 1. The van der Waals surface area contributed by atoms with Crippen molar-refractivity contribution in [1.29, 1.82) is 5.26 Å². The van der Waals surface area contributed by atoms with E-state index in [4.69, 9.17) is 5.26 Å². The smallest absolute Gasteiger partial charge is 0.0992 e. The molecule has 0 radical (unpaired) electrons. The number of hydrogen-bond donors (Lipinski definition) is 0. The highest BCUT2D eigenvalue weighted by molar-refractivity contribution is 9.10. The van der Waals surface area contributed by atoms with Crippen LogP contribution in [0, 0.1) is 11.3 Å². The molecule has 0 aliphatic carbocycles. The first-order valence-corrected chi connectivity index (χ1v) is 6.94. The van der Waals surface area contributed by atoms with Crippen LogP contribution in [-0.2, 0) is 5.75 Å². The average molecular weight is 304 g/mol. The molecule has 2 aromatic rings. The summed E-state index contributed by atoms with van der Waals surface area (Å²) in [6, 6.07) is 18.2. The fraction of sp³-hybridized carbons (Fsp3) is 0.0714. The number of rotatable bonds is 3. The van der Waals surface area contributed by atoms with E-state index in [0.29, 0.717) is 5.56 Å². The van der Waals surface area contributed by atoms with E-state index >= 15 is 0 Å². The molecule has 0 fully saturated rings. The predicted molar refractivity (Wildman–Crippen MR) is 74.9 cm³/mol. The Morgan fingerprint density at radius 2 is 1.88 bits per heavy atom. The second-order valence-corrected chi connectivity index (χ2v) is 5.40. The van der Waals surface area contributed by atoms with Crippen molar-refractivity contribution >= 4 is 27.7 Å². The van der Waals surface area contributed by atoms with Gasteiger partial charge in [-0.15, -0.1) is 11.8 Å². The molecular formula is C14H10BrNS. The molecule has 0 spiro atoms. The monoisotopic (exact) mass is 303 g/mol. The zero-order valence-electron chi connectivity index (χ0n) is 9.06. The van der Waals surface area contributed by atoms with Crippen LogP contribution in [0.1, 0.15) is 11.1 Å². The van der Waals surface area contributed by atoms with Gasteiger partial charge in [-0.1, -0.05) is 30.3 Å². The number of nitrogens with zero attached hydrogens (tertiary/aromatic N) is 1. The van der Waals surface area contributed by atoms with E-state index in [1.807, 2.05) is 36.4 Å². The van der Waals surface area contributed by atoms with Crippen molar-refractivity contribution < 1.29 is 0 Å². The standard InChI is InChI=1S/C14H10BrNS/c15-13-8-12(9-16)6-7-14(13)17-10-11-4-2-1-3-5-11/h1-8H,10H2. The molecular weight excluding hydrogens is 294 g/mol. The van der Waals surface area contributed by atoms with Crippen molar-refractivity contribution in [3.63, 3.8) is 0 Å². The highest BCUT2D eigenvalue weighted by Crippen LogP contribution is 2.30. The molecule has 3 heteroatoms. The molecule has 0 unspecified atom stereocenters. The van der Waals surface area contributed by atoms with Crippen molar-refractivity contribution in [2.45, 2.75) is 10.6 Å². The third kappa shape index (κ3) is 3.36. The van der Waals surface area contributed by atoms with Gasteiger partial charge in [-0.25, -0.2) is 0 Å². The summed E-state index contributed by atoms with van der Waals surface area (Å²) in [5.74, 6) is 0.936. The number of halogens is 1. The molecule has 0 amide bonds. The van der Waals surface area contributed by atoms with Gasteiger partial charge in [-0.2, -0.15) is 5.26 Å². The summed E-state index contributed by atoms with van der Waals surface area (Å²) in [5, 5.41) is 8.78. The maximum atomic E-state index is 8.78. The van der Waals surface area contributed by atoms with Crippen molar-refractivity contribution in [2.24, 2.45) is 0 Å². The molecule has 0 aliphatic rings. The third-order valence-electron chi connectivity index (χ3n) is 2.30. The minimum Gasteiger partial charge on any atom is -0.192 e. The first kappa shape index (κ1) is 12.2. The Balaban J connectivity index is 2.08. The van der Waals surface area contributed by atoms with Crippen molar-refractivity contribution in [3.05, 3.63) is 64.1 Å². The number of nitriles is 1. The first-order valence-electron chi connectivity index (χ1n) is 5.16. The Labute approximate surface area is 114 Å². The Hall–Kier alpha value is -1.24. The lowest BCUT2D eigenvalue weighted by Gasteiger charge is -2.04. The molecule has 2 aromatic carbocycles. The fourth-order valence-electron chi connectivity index (χ4n) is 1.42. The van der Waals surface area contributed by atoms with Gasteiger partial charge in [-0.05, 0) is 39.7 Å². The SMILES string of the molecule is N#Cc1ccc(SCc2ccccc2)c(Br)c1. The highest BCUT2D eigenvalue weighted by Gasteiger charge is 2.02. The summed E-state index contributed by atoms with van der Waals surface area (Å²) in [5.41, 5.74) is 1.98. The highest BCUT2D eigenvalue weighted by atomic mass is 79.9. The van der Waals surface area contributed by atoms with Gasteiger partial charge in [0.15, 0.2) is 0 Å². The molecule has 17 heavy (non-hydrogen) atoms. The van der Waals surface area contributed by atoms with E-state index in [1.165, 1.54) is 5.56 Å². The van der Waals surface area contributed by atoms with Crippen LogP contribution in [-0.4, -0.2) is 0 Å². The van der Waals surface area contributed by atoms with Gasteiger partial charge in [0.1, 0.15) is 0 Å². The lowest BCUT2D eigenvalue weighted by Crippen LogP contribution is -1.82. The summed E-state index contributed by atoms with van der Waals surface area (Å²) in [6.45, 7) is 0. The molecule has 1 nitrogen and oxygen atoms in total. The van der Waals surface area contributed by atoms with Crippen LogP contribution in [0.2, 0.25) is 0 Å². The lowest BCUT2D eigenvalue weighted by molar-refractivity contribution is 1.34. The van der Waals surface area contributed by atoms with Crippen LogP contribution in [0.5, 0.6) is 0 Å². The summed E-state index contributed by atoms with van der Waals surface area (Å²) in [7, 11) is 0. The second kappa shape index (κ2) is 5.90. The minimum absolute atomic E-state index is 0.681. The normalized spacial score (nSPS) is 9.88. The Kier molecular flexibility index (Phi) is 4.24. The van der Waals surface area contributed by atoms with Crippen LogP contribution < -0.4 is 0 Å². The van der Waals surface area contributed by atoms with Gasteiger partial charge in [0, 0.05) is 15.1 Å². The van der Waals surface area contributed by atoms with Gasteiger partial charge < -0.3 is 0 Å². The third-order valence-corrected chi connectivity index (χ3v) is 4.36. The minimum atomic E-state index is 0.681. The molecule has 84 valence electrons. The summed E-state index contributed by atoms with van der Waals surface area (Å²) < 4.78 is 0.984. The van der Waals surface area contributed by atoms with E-state index in [9.17, 15) is 0 Å². The fourth-order valence-corrected chi connectivity index (χ4v) is 3.02. The van der Waals surface area contributed by atoms with Crippen molar-refractivity contribution in [2.75, 3.05) is 0 Å². The molecule has 0 bridgehead atoms. The van der Waals surface area contributed by atoms with E-state index < -0.39 is 0 Å². The van der Waals surface area contributed by atoms with Crippen LogP contribution in [0.4, 0.5) is 0 Å². The summed E-state index contributed by atoms with van der Waals surface area (Å²) >= 11 is 5.25. The summed E-state index contributed by atoms with van der Waals surface area (Å²) in [4.78, 5) is 1.16. The lowest BCUT2D eigenvalue weighted by atomic mass is 10.2. The number of hydrogen-bond acceptors (Lipinski definition) is 2. The Morgan fingerprint density at radius 1 is 1.12 bits per heavy atom. The van der Waals surface area contributed by atoms with Gasteiger partial charge in [0.25, 0.3) is 0 Å². The molecule has 0 saturated carbocycles. The second-order valence-electron chi connectivity index (χ2n) is 3.53. The molecule has 2 rings (SSSR count). The summed E-state index contributed by atoms with van der Waals surface area (Å²) in [6.07, 6.45) is 0. The quantitative estimate of drug-likeness (QED) is 0.773. The molecule has 0 saturated heterocycles. The first-order chi connectivity index (χ1) is 8.29. The van der Waals surface area contributed by atoms with Crippen molar-refractivity contribution in [3.8, 4) is 6.07 Å². The molecule has 0 N–H and O–H groups in total. The van der Waals surface area contributed by atoms with Gasteiger partial charge in [0.05, 0.1) is 11.6 Å². The average Bonchev–Trinajstić information content (AvgIpc) is 2.38. The van der Waals surface area contributed by atoms with Crippen molar-refractivity contribution in [1.82, 2.24) is 0 Å². The number of benzene rings is 2. The van der Waals surface area contributed by atoms with Crippen LogP contribution >= 0.6 is 27.7 Å². The largest absolute Gasteiger partial charge is 0.192 e. The van der Waals surface area contributed by atoms with Gasteiger partial charge >= 0.3 is 0 Å². The molecule has 0 aromatic heterocycles. The molecule has 0 heterocycles. The molecule has 0 atom stereocenters. The predicted octanol–water partition coefficient (Wildman–Crippen LogP) is 4.61. The Morgan fingerprint density at radius 3 is 2.53 bits per heavy atom. The zero-order valence-corrected chi connectivity index (χ0v) is 11.5. The maximum Gasteiger partial charge on any atom is 0.0992 e. The molecule has 0 aliphatic heterocycles. The van der Waals surface area contributed by atoms with E-state index in [-0.39, 0.29) is 0 Å². The van der Waals surface area contributed by atoms with Crippen LogP contribution in [0.3, 0.4) is 0 Å². The maximum absolute atomic E-state index is 8.78. The van der Waals surface area contributed by atoms with E-state index in [0.717, 1.165) is 15.1 Å².